The lowest BCUT2D eigenvalue weighted by atomic mass is 10.1. The van der Waals surface area contributed by atoms with E-state index in [0.29, 0.717) is 11.7 Å². The summed E-state index contributed by atoms with van der Waals surface area (Å²) in [5.41, 5.74) is 2.36. The van der Waals surface area contributed by atoms with Crippen molar-refractivity contribution < 1.29 is 30.0 Å². The fourth-order valence-electron chi connectivity index (χ4n) is 2.72. The quantitative estimate of drug-likeness (QED) is 0.289. The number of hydrogen-bond donors (Lipinski definition) is 5. The van der Waals surface area contributed by atoms with Gasteiger partial charge in [-0.3, -0.25) is 4.40 Å². The van der Waals surface area contributed by atoms with E-state index in [-0.39, 0.29) is 0 Å². The van der Waals surface area contributed by atoms with E-state index >= 15 is 0 Å². The number of carboxylic acids is 2. The van der Waals surface area contributed by atoms with Crippen molar-refractivity contribution >= 4 is 50.5 Å². The van der Waals surface area contributed by atoms with Crippen molar-refractivity contribution in [3.63, 3.8) is 0 Å². The maximum absolute atomic E-state index is 9.77. The summed E-state index contributed by atoms with van der Waals surface area (Å²) in [6, 6.07) is 2.48. The lowest BCUT2D eigenvalue weighted by Gasteiger charge is -2.39. The van der Waals surface area contributed by atoms with Gasteiger partial charge in [-0.1, -0.05) is 0 Å². The SMILES string of the molecule is CNC1CN(c2nc3ncc(Br)cc3n3cnnc23)C1.O=C(O)C(O)C(O)C(=O)O. The van der Waals surface area contributed by atoms with E-state index in [4.69, 9.17) is 20.4 Å². The molecule has 1 saturated heterocycles. The Kier molecular flexibility index (Phi) is 6.40. The predicted molar refractivity (Wildman–Crippen MR) is 106 cm³/mol. The highest BCUT2D eigenvalue weighted by Gasteiger charge is 2.30. The number of nitrogens with one attached hydrogen (secondary N) is 1. The molecule has 1 aliphatic heterocycles. The van der Waals surface area contributed by atoms with Crippen LogP contribution in [-0.2, 0) is 9.59 Å². The number of carboxylic acid groups (broad SMARTS) is 2. The Morgan fingerprint density at radius 3 is 2.43 bits per heavy atom. The Labute approximate surface area is 177 Å². The predicted octanol–water partition coefficient (Wildman–Crippen LogP) is -1.28. The average molecular weight is 484 g/mol. The number of nitrogens with zero attached hydrogens (tertiary/aromatic N) is 6. The largest absolute Gasteiger partial charge is 0.479 e. The first-order chi connectivity index (χ1) is 14.2. The molecule has 5 N–H and O–H groups in total. The molecule has 0 radical (unpaired) electrons. The van der Waals surface area contributed by atoms with Crippen LogP contribution in [0.25, 0.3) is 16.8 Å². The lowest BCUT2D eigenvalue weighted by Crippen LogP contribution is -2.57. The Balaban J connectivity index is 0.000000220. The lowest BCUT2D eigenvalue weighted by molar-refractivity contribution is -0.165. The number of carbonyl (C=O) groups is 2. The summed E-state index contributed by atoms with van der Waals surface area (Å²) in [6.45, 7) is 1.85. The molecule has 2 atom stereocenters. The number of aliphatic hydroxyl groups excluding tert-OH is 2. The van der Waals surface area contributed by atoms with Crippen molar-refractivity contribution in [1.82, 2.24) is 29.9 Å². The van der Waals surface area contributed by atoms with E-state index in [0.717, 1.165) is 34.5 Å². The topological polar surface area (TPSA) is 186 Å². The Morgan fingerprint density at radius 2 is 1.87 bits per heavy atom. The second-order valence-corrected chi connectivity index (χ2v) is 7.33. The Morgan fingerprint density at radius 1 is 1.23 bits per heavy atom. The van der Waals surface area contributed by atoms with Crippen molar-refractivity contribution in [2.75, 3.05) is 25.0 Å². The summed E-state index contributed by atoms with van der Waals surface area (Å²) < 4.78 is 2.84. The van der Waals surface area contributed by atoms with Crippen molar-refractivity contribution in [2.45, 2.75) is 18.2 Å². The molecule has 2 unspecified atom stereocenters. The van der Waals surface area contributed by atoms with E-state index in [1.54, 1.807) is 12.5 Å². The molecular formula is C16H18BrN7O6. The van der Waals surface area contributed by atoms with Gasteiger partial charge in [-0.2, -0.15) is 0 Å². The zero-order chi connectivity index (χ0) is 22.0. The molecule has 4 rings (SSSR count). The van der Waals surface area contributed by atoms with Crippen LogP contribution in [0, 0.1) is 0 Å². The number of anilines is 1. The van der Waals surface area contributed by atoms with Crippen LogP contribution in [0.15, 0.2) is 23.1 Å². The number of aromatic nitrogens is 5. The summed E-state index contributed by atoms with van der Waals surface area (Å²) in [5.74, 6) is -2.69. The molecule has 0 aromatic carbocycles. The maximum atomic E-state index is 9.77. The van der Waals surface area contributed by atoms with E-state index < -0.39 is 24.1 Å². The third kappa shape index (κ3) is 4.30. The molecule has 4 heterocycles. The second-order valence-electron chi connectivity index (χ2n) is 6.41. The second kappa shape index (κ2) is 8.83. The zero-order valence-electron chi connectivity index (χ0n) is 15.5. The summed E-state index contributed by atoms with van der Waals surface area (Å²) in [7, 11) is 1.97. The van der Waals surface area contributed by atoms with Gasteiger partial charge in [-0.05, 0) is 29.0 Å². The van der Waals surface area contributed by atoms with Crippen molar-refractivity contribution in [1.29, 1.82) is 0 Å². The number of aliphatic carboxylic acids is 2. The van der Waals surface area contributed by atoms with Gasteiger partial charge in [-0.15, -0.1) is 10.2 Å². The molecule has 14 heteroatoms. The maximum Gasteiger partial charge on any atom is 0.335 e. The van der Waals surface area contributed by atoms with Gasteiger partial charge in [0.2, 0.25) is 5.65 Å². The summed E-state index contributed by atoms with van der Waals surface area (Å²) in [6.07, 6.45) is -1.08. The molecule has 13 nitrogen and oxygen atoms in total. The van der Waals surface area contributed by atoms with Crippen LogP contribution < -0.4 is 10.2 Å². The van der Waals surface area contributed by atoms with Crippen LogP contribution in [0.1, 0.15) is 0 Å². The minimum absolute atomic E-state index is 0.508. The van der Waals surface area contributed by atoms with Gasteiger partial charge in [-0.25, -0.2) is 19.6 Å². The van der Waals surface area contributed by atoms with Gasteiger partial charge < -0.3 is 30.6 Å². The minimum Gasteiger partial charge on any atom is -0.479 e. The highest BCUT2D eigenvalue weighted by atomic mass is 79.9. The van der Waals surface area contributed by atoms with Gasteiger partial charge in [0, 0.05) is 29.8 Å². The first kappa shape index (κ1) is 21.8. The normalized spacial score (nSPS) is 15.9. The third-order valence-electron chi connectivity index (χ3n) is 4.43. The van der Waals surface area contributed by atoms with Crippen molar-refractivity contribution in [2.24, 2.45) is 0 Å². The standard InChI is InChI=1S/C12H12BrN7.C4H6O6/c1-14-8-4-19(5-8)11-12-18-16-6-20(12)9-2-7(13)3-15-10(9)17-11;5-1(3(7)8)2(6)4(9)10/h2-3,6,8,14H,4-5H2,1H3;1-2,5-6H,(H,7,8)(H,9,10). The van der Waals surface area contributed by atoms with E-state index in [2.05, 4.69) is 46.3 Å². The van der Waals surface area contributed by atoms with Gasteiger partial charge in [0.25, 0.3) is 0 Å². The van der Waals surface area contributed by atoms with Crippen LogP contribution in [0.2, 0.25) is 0 Å². The molecular weight excluding hydrogens is 466 g/mol. The molecule has 0 saturated carbocycles. The number of aliphatic hydroxyl groups is 2. The molecule has 1 fully saturated rings. The molecule has 0 amide bonds. The number of fused-ring (bicyclic) bond motifs is 3. The molecule has 0 bridgehead atoms. The minimum atomic E-state index is -2.27. The molecule has 0 aliphatic carbocycles. The van der Waals surface area contributed by atoms with E-state index in [1.807, 2.05) is 17.5 Å². The van der Waals surface area contributed by atoms with E-state index in [1.165, 1.54) is 0 Å². The number of likely N-dealkylation sites (N-methyl/N-ethyl adjacent to an activating group) is 1. The van der Waals surface area contributed by atoms with Crippen LogP contribution in [-0.4, -0.2) is 95.3 Å². The van der Waals surface area contributed by atoms with Crippen LogP contribution in [0.3, 0.4) is 0 Å². The molecule has 3 aromatic rings. The van der Waals surface area contributed by atoms with Gasteiger partial charge in [0.15, 0.2) is 23.7 Å². The highest BCUT2D eigenvalue weighted by molar-refractivity contribution is 9.10. The van der Waals surface area contributed by atoms with Gasteiger partial charge >= 0.3 is 11.9 Å². The number of rotatable bonds is 5. The number of hydrogen-bond acceptors (Lipinski definition) is 10. The van der Waals surface area contributed by atoms with Crippen molar-refractivity contribution in [3.05, 3.63) is 23.1 Å². The fourth-order valence-corrected chi connectivity index (χ4v) is 3.03. The Bertz CT molecular complexity index is 1070. The molecule has 1 aliphatic rings. The summed E-state index contributed by atoms with van der Waals surface area (Å²) in [5, 5.41) is 44.0. The molecule has 160 valence electrons. The van der Waals surface area contributed by atoms with Crippen molar-refractivity contribution in [3.8, 4) is 0 Å². The molecule has 3 aromatic heterocycles. The summed E-state index contributed by atoms with van der Waals surface area (Å²) >= 11 is 3.43. The number of pyridine rings is 1. The van der Waals surface area contributed by atoms with Crippen LogP contribution >= 0.6 is 15.9 Å². The first-order valence-corrected chi connectivity index (χ1v) is 9.41. The molecule has 0 spiro atoms. The average Bonchev–Trinajstić information content (AvgIpc) is 3.17. The number of halogens is 1. The summed E-state index contributed by atoms with van der Waals surface area (Å²) in [4.78, 5) is 30.8. The van der Waals surface area contributed by atoms with Gasteiger partial charge in [0.05, 0.1) is 5.52 Å². The highest BCUT2D eigenvalue weighted by Crippen LogP contribution is 2.26. The van der Waals surface area contributed by atoms with Crippen LogP contribution in [0.4, 0.5) is 5.82 Å². The van der Waals surface area contributed by atoms with E-state index in [9.17, 15) is 9.59 Å². The zero-order valence-corrected chi connectivity index (χ0v) is 17.1. The molecule has 30 heavy (non-hydrogen) atoms. The third-order valence-corrected chi connectivity index (χ3v) is 4.86. The first-order valence-electron chi connectivity index (χ1n) is 8.62. The monoisotopic (exact) mass is 483 g/mol. The Hall–Kier alpha value is -2.94. The fraction of sp³-hybridized carbons (Fsp3) is 0.375. The smallest absolute Gasteiger partial charge is 0.335 e. The van der Waals surface area contributed by atoms with Crippen LogP contribution in [0.5, 0.6) is 0 Å². The van der Waals surface area contributed by atoms with Gasteiger partial charge in [0.1, 0.15) is 6.33 Å².